The highest BCUT2D eigenvalue weighted by Gasteiger charge is 2.10. The molecule has 5 heteroatoms. The lowest BCUT2D eigenvalue weighted by atomic mass is 9.94. The highest BCUT2D eigenvalue weighted by atomic mass is 32.2. The van der Waals surface area contributed by atoms with Crippen molar-refractivity contribution in [1.29, 1.82) is 0 Å². The van der Waals surface area contributed by atoms with E-state index in [9.17, 15) is 13.0 Å². The average molecular weight is 468 g/mol. The van der Waals surface area contributed by atoms with Gasteiger partial charge in [-0.2, -0.15) is 0 Å². The number of unbranched alkanes of at least 4 members (excludes halogenated alkanes) is 13. The van der Waals surface area contributed by atoms with Crippen LogP contribution in [-0.4, -0.2) is 13.0 Å². The van der Waals surface area contributed by atoms with Crippen molar-refractivity contribution in [2.75, 3.05) is 0 Å². The molecule has 0 fully saturated rings. The van der Waals surface area contributed by atoms with E-state index < -0.39 is 10.1 Å². The zero-order chi connectivity index (χ0) is 23.1. The number of quaternary nitrogens is 1. The lowest BCUT2D eigenvalue weighted by Crippen LogP contribution is -2.02. The van der Waals surface area contributed by atoms with Crippen LogP contribution in [0, 0.1) is 0 Å². The number of allylic oxidation sites excluding steroid dienone is 2. The molecule has 0 aliphatic heterocycles. The van der Waals surface area contributed by atoms with Crippen molar-refractivity contribution < 1.29 is 13.0 Å². The summed E-state index contributed by atoms with van der Waals surface area (Å²) < 4.78 is 34.3. The molecule has 0 aromatic heterocycles. The zero-order valence-corrected chi connectivity index (χ0v) is 22.3. The highest BCUT2D eigenvalue weighted by Crippen LogP contribution is 2.26. The van der Waals surface area contributed by atoms with Crippen LogP contribution in [0.3, 0.4) is 0 Å². The van der Waals surface area contributed by atoms with Gasteiger partial charge in [0.2, 0.25) is 0 Å². The fraction of sp³-hybridized carbons (Fsp3) is 0.704. The SMILES string of the molecule is CCCCCCCCCCCCCCCCc1cc(S(=O)(=O)[O-])ccc1C(C)=C(C)C.[NH4+]. The van der Waals surface area contributed by atoms with E-state index in [1.54, 1.807) is 12.1 Å². The lowest BCUT2D eigenvalue weighted by Gasteiger charge is -2.15. The minimum atomic E-state index is -4.41. The van der Waals surface area contributed by atoms with Gasteiger partial charge in [-0.25, -0.2) is 8.42 Å². The molecule has 186 valence electrons. The van der Waals surface area contributed by atoms with Crippen molar-refractivity contribution in [2.45, 2.75) is 129 Å². The molecule has 4 nitrogen and oxygen atoms in total. The number of benzene rings is 1. The molecule has 1 rings (SSSR count). The molecule has 0 spiro atoms. The van der Waals surface area contributed by atoms with E-state index in [2.05, 4.69) is 27.7 Å². The molecule has 1 aromatic carbocycles. The molecule has 4 N–H and O–H groups in total. The van der Waals surface area contributed by atoms with Gasteiger partial charge in [-0.1, -0.05) is 102 Å². The van der Waals surface area contributed by atoms with Gasteiger partial charge in [-0.15, -0.1) is 0 Å². The molecule has 0 amide bonds. The number of hydrogen-bond donors (Lipinski definition) is 1. The van der Waals surface area contributed by atoms with Crippen molar-refractivity contribution in [3.63, 3.8) is 0 Å². The summed E-state index contributed by atoms with van der Waals surface area (Å²) >= 11 is 0. The summed E-state index contributed by atoms with van der Waals surface area (Å²) in [5.41, 5.74) is 4.42. The molecule has 0 bridgehead atoms. The summed E-state index contributed by atoms with van der Waals surface area (Å²) in [4.78, 5) is -0.113. The van der Waals surface area contributed by atoms with Crippen LogP contribution in [-0.2, 0) is 16.5 Å². The Morgan fingerprint density at radius 1 is 0.750 bits per heavy atom. The van der Waals surface area contributed by atoms with Gasteiger partial charge < -0.3 is 10.7 Å². The Morgan fingerprint density at radius 3 is 1.59 bits per heavy atom. The van der Waals surface area contributed by atoms with E-state index in [0.717, 1.165) is 36.0 Å². The van der Waals surface area contributed by atoms with Crippen LogP contribution in [0.25, 0.3) is 5.57 Å². The molecular formula is C27H49NO3S. The van der Waals surface area contributed by atoms with Crippen molar-refractivity contribution in [1.82, 2.24) is 6.15 Å². The van der Waals surface area contributed by atoms with E-state index >= 15 is 0 Å². The number of aryl methyl sites for hydroxylation is 1. The summed E-state index contributed by atoms with van der Waals surface area (Å²) in [6, 6.07) is 4.83. The average Bonchev–Trinajstić information content (AvgIpc) is 2.72. The van der Waals surface area contributed by atoms with Crippen molar-refractivity contribution in [3.8, 4) is 0 Å². The molecule has 0 radical (unpaired) electrons. The molecule has 0 aliphatic rings. The van der Waals surface area contributed by atoms with Gasteiger partial charge in [-0.3, -0.25) is 0 Å². The first kappa shape index (κ1) is 30.8. The fourth-order valence-corrected chi connectivity index (χ4v) is 4.60. The third-order valence-electron chi connectivity index (χ3n) is 6.32. The maximum Gasteiger partial charge on any atom is 0.124 e. The predicted molar refractivity (Wildman–Crippen MR) is 138 cm³/mol. The normalized spacial score (nSPS) is 11.3. The summed E-state index contributed by atoms with van der Waals surface area (Å²) in [7, 11) is -4.41. The van der Waals surface area contributed by atoms with Crippen LogP contribution < -0.4 is 6.15 Å². The van der Waals surface area contributed by atoms with Crippen molar-refractivity contribution in [3.05, 3.63) is 34.9 Å². The molecule has 0 unspecified atom stereocenters. The first-order valence-electron chi connectivity index (χ1n) is 12.5. The third kappa shape index (κ3) is 12.8. The topological polar surface area (TPSA) is 93.7 Å². The van der Waals surface area contributed by atoms with Crippen molar-refractivity contribution >= 4 is 15.7 Å². The first-order chi connectivity index (χ1) is 14.8. The Balaban J connectivity index is 0.00000961. The van der Waals surface area contributed by atoms with Crippen LogP contribution in [0.5, 0.6) is 0 Å². The molecule has 0 saturated carbocycles. The van der Waals surface area contributed by atoms with Crippen LogP contribution in [0.2, 0.25) is 0 Å². The molecule has 32 heavy (non-hydrogen) atoms. The second-order valence-corrected chi connectivity index (χ2v) is 10.6. The molecule has 0 atom stereocenters. The van der Waals surface area contributed by atoms with Crippen LogP contribution in [0.15, 0.2) is 28.7 Å². The Morgan fingerprint density at radius 2 is 1.19 bits per heavy atom. The number of hydrogen-bond acceptors (Lipinski definition) is 3. The standard InChI is InChI=1S/C27H46O3S.H3N/c1-5-6-7-8-9-10-11-12-13-14-15-16-17-18-19-25-22-26(31(28,29)30)20-21-27(25)24(4)23(2)3;/h20-22H,5-19H2,1-4H3,(H,28,29,30);1H3. The summed E-state index contributed by atoms with van der Waals surface area (Å²) in [6.07, 6.45) is 19.3. The summed E-state index contributed by atoms with van der Waals surface area (Å²) in [5.74, 6) is 0. The molecule has 0 saturated heterocycles. The second-order valence-electron chi connectivity index (χ2n) is 9.24. The Kier molecular flexibility index (Phi) is 16.7. The summed E-state index contributed by atoms with van der Waals surface area (Å²) in [5, 5.41) is 0. The van der Waals surface area contributed by atoms with Gasteiger partial charge in [0.05, 0.1) is 4.90 Å². The van der Waals surface area contributed by atoms with E-state index in [1.807, 2.05) is 0 Å². The van der Waals surface area contributed by atoms with Crippen LogP contribution in [0.1, 0.15) is 129 Å². The second kappa shape index (κ2) is 17.3. The largest absolute Gasteiger partial charge is 0.744 e. The smallest absolute Gasteiger partial charge is 0.124 e. The first-order valence-corrected chi connectivity index (χ1v) is 13.9. The Bertz CT molecular complexity index is 765. The van der Waals surface area contributed by atoms with E-state index in [-0.39, 0.29) is 11.0 Å². The van der Waals surface area contributed by atoms with Gasteiger partial charge in [0.25, 0.3) is 0 Å². The van der Waals surface area contributed by atoms with Gasteiger partial charge in [0.1, 0.15) is 10.1 Å². The maximum atomic E-state index is 11.4. The molecule has 0 heterocycles. The van der Waals surface area contributed by atoms with E-state index in [4.69, 9.17) is 0 Å². The predicted octanol–water partition coefficient (Wildman–Crippen LogP) is 8.80. The Labute approximate surface area is 198 Å². The van der Waals surface area contributed by atoms with E-state index in [0.29, 0.717) is 0 Å². The van der Waals surface area contributed by atoms with E-state index in [1.165, 1.54) is 88.7 Å². The minimum absolute atomic E-state index is 0. The van der Waals surface area contributed by atoms with Crippen molar-refractivity contribution in [2.24, 2.45) is 0 Å². The highest BCUT2D eigenvalue weighted by molar-refractivity contribution is 7.85. The fourth-order valence-electron chi connectivity index (χ4n) is 4.08. The Hall–Kier alpha value is -1.17. The number of rotatable bonds is 17. The lowest BCUT2D eigenvalue weighted by molar-refractivity contribution is 0.463. The van der Waals surface area contributed by atoms with Gasteiger partial charge in [-0.05, 0) is 62.4 Å². The molecule has 0 aliphatic carbocycles. The van der Waals surface area contributed by atoms with Gasteiger partial charge in [0.15, 0.2) is 0 Å². The quantitative estimate of drug-likeness (QED) is 0.183. The van der Waals surface area contributed by atoms with Gasteiger partial charge >= 0.3 is 0 Å². The van der Waals surface area contributed by atoms with Crippen LogP contribution >= 0.6 is 0 Å². The monoisotopic (exact) mass is 467 g/mol. The molecular weight excluding hydrogens is 418 g/mol. The minimum Gasteiger partial charge on any atom is -0.744 e. The maximum absolute atomic E-state index is 11.4. The summed E-state index contributed by atoms with van der Waals surface area (Å²) in [6.45, 7) is 8.44. The van der Waals surface area contributed by atoms with Gasteiger partial charge in [0, 0.05) is 0 Å². The van der Waals surface area contributed by atoms with Crippen LogP contribution in [0.4, 0.5) is 0 Å². The zero-order valence-electron chi connectivity index (χ0n) is 21.5. The molecule has 1 aromatic rings. The third-order valence-corrected chi connectivity index (χ3v) is 7.15.